The van der Waals surface area contributed by atoms with Crippen molar-refractivity contribution in [3.8, 4) is 0 Å². The van der Waals surface area contributed by atoms with Gasteiger partial charge in [-0.2, -0.15) is 0 Å². The maximum absolute atomic E-state index is 12.8. The molecule has 0 aromatic heterocycles. The van der Waals surface area contributed by atoms with Crippen LogP contribution in [-0.2, 0) is 21.2 Å². The summed E-state index contributed by atoms with van der Waals surface area (Å²) in [5, 5.41) is 5.15. The van der Waals surface area contributed by atoms with Crippen molar-refractivity contribution in [1.29, 1.82) is 0 Å². The van der Waals surface area contributed by atoms with Crippen LogP contribution < -0.4 is 5.32 Å². The summed E-state index contributed by atoms with van der Waals surface area (Å²) >= 11 is 0. The highest BCUT2D eigenvalue weighted by Gasteiger charge is 2.42. The maximum atomic E-state index is 12.8. The molecule has 2 aromatic carbocycles. The predicted molar refractivity (Wildman–Crippen MR) is 102 cm³/mol. The minimum atomic E-state index is -3.28. The first-order valence-corrected chi connectivity index (χ1v) is 10.8. The van der Waals surface area contributed by atoms with Gasteiger partial charge in [0.15, 0.2) is 0 Å². The van der Waals surface area contributed by atoms with Crippen LogP contribution in [0, 0.1) is 5.41 Å². The van der Waals surface area contributed by atoms with E-state index in [1.165, 1.54) is 0 Å². The second-order valence-corrected chi connectivity index (χ2v) is 9.65. The molecule has 0 atom stereocenters. The van der Waals surface area contributed by atoms with Crippen LogP contribution in [0.2, 0.25) is 0 Å². The van der Waals surface area contributed by atoms with Gasteiger partial charge in [-0.3, -0.25) is 4.79 Å². The van der Waals surface area contributed by atoms with E-state index in [9.17, 15) is 13.2 Å². The fourth-order valence-corrected chi connectivity index (χ4v) is 5.70. The van der Waals surface area contributed by atoms with E-state index < -0.39 is 10.0 Å². The normalized spacial score (nSPS) is 20.5. The van der Waals surface area contributed by atoms with Crippen molar-refractivity contribution < 1.29 is 13.2 Å². The van der Waals surface area contributed by atoms with Crippen molar-refractivity contribution in [2.24, 2.45) is 5.41 Å². The number of rotatable bonds is 4. The molecule has 6 heteroatoms. The molecule has 0 bridgehead atoms. The van der Waals surface area contributed by atoms with Crippen LogP contribution in [0.5, 0.6) is 0 Å². The van der Waals surface area contributed by atoms with Crippen molar-refractivity contribution in [1.82, 2.24) is 9.62 Å². The topological polar surface area (TPSA) is 66.5 Å². The Morgan fingerprint density at radius 1 is 1.04 bits per heavy atom. The zero-order valence-electron chi connectivity index (χ0n) is 14.8. The molecule has 2 saturated heterocycles. The van der Waals surface area contributed by atoms with Gasteiger partial charge in [-0.25, -0.2) is 12.7 Å². The molecular formula is C20H24N2O3S. The number of aryl methyl sites for hydroxylation is 1. The highest BCUT2D eigenvalue weighted by molar-refractivity contribution is 7.89. The Hall–Kier alpha value is -1.92. The SMILES string of the molecule is O=C1CC2(CCN(S(=O)(=O)CCc3cccc4ccccc34)CC2)CN1. The molecule has 138 valence electrons. The van der Waals surface area contributed by atoms with Crippen molar-refractivity contribution in [2.75, 3.05) is 25.4 Å². The number of hydrogen-bond acceptors (Lipinski definition) is 3. The molecule has 2 aliphatic heterocycles. The Morgan fingerprint density at radius 2 is 1.77 bits per heavy atom. The minimum Gasteiger partial charge on any atom is -0.356 e. The lowest BCUT2D eigenvalue weighted by Crippen LogP contribution is -2.44. The lowest BCUT2D eigenvalue weighted by Gasteiger charge is -2.37. The summed E-state index contributed by atoms with van der Waals surface area (Å²) in [6.07, 6.45) is 2.58. The standard InChI is InChI=1S/C20H24N2O3S/c23-19-14-20(15-21-19)9-11-22(12-10-20)26(24,25)13-8-17-6-3-5-16-4-1-2-7-18(16)17/h1-7H,8-15H2,(H,21,23). The van der Waals surface area contributed by atoms with E-state index in [-0.39, 0.29) is 17.1 Å². The van der Waals surface area contributed by atoms with Gasteiger partial charge in [0.05, 0.1) is 5.75 Å². The second-order valence-electron chi connectivity index (χ2n) is 7.56. The number of nitrogens with one attached hydrogen (secondary N) is 1. The Bertz CT molecular complexity index is 926. The largest absolute Gasteiger partial charge is 0.356 e. The lowest BCUT2D eigenvalue weighted by atomic mass is 9.78. The molecule has 2 aromatic rings. The molecular weight excluding hydrogens is 348 g/mol. The van der Waals surface area contributed by atoms with E-state index in [1.54, 1.807) is 4.31 Å². The number of amides is 1. The number of nitrogens with zero attached hydrogens (tertiary/aromatic N) is 1. The summed E-state index contributed by atoms with van der Waals surface area (Å²) in [4.78, 5) is 11.5. The number of hydrogen-bond donors (Lipinski definition) is 1. The first-order valence-electron chi connectivity index (χ1n) is 9.19. The summed E-state index contributed by atoms with van der Waals surface area (Å²) < 4.78 is 27.2. The fourth-order valence-electron chi connectivity index (χ4n) is 4.22. The first-order chi connectivity index (χ1) is 12.5. The molecule has 1 amide bonds. The first kappa shape index (κ1) is 17.5. The number of benzene rings is 2. The molecule has 0 unspecified atom stereocenters. The molecule has 2 heterocycles. The van der Waals surface area contributed by atoms with E-state index in [4.69, 9.17) is 0 Å². The fraction of sp³-hybridized carbons (Fsp3) is 0.450. The third-order valence-corrected chi connectivity index (χ3v) is 7.75. The molecule has 5 nitrogen and oxygen atoms in total. The Morgan fingerprint density at radius 3 is 2.50 bits per heavy atom. The van der Waals surface area contributed by atoms with Crippen molar-refractivity contribution in [3.63, 3.8) is 0 Å². The van der Waals surface area contributed by atoms with Crippen LogP contribution in [0.25, 0.3) is 10.8 Å². The highest BCUT2D eigenvalue weighted by Crippen LogP contribution is 2.38. The lowest BCUT2D eigenvalue weighted by molar-refractivity contribution is -0.119. The van der Waals surface area contributed by atoms with E-state index >= 15 is 0 Å². The number of carbonyl (C=O) groups is 1. The maximum Gasteiger partial charge on any atom is 0.220 e. The smallest absolute Gasteiger partial charge is 0.220 e. The average Bonchev–Trinajstić information content (AvgIpc) is 3.00. The van der Waals surface area contributed by atoms with Crippen molar-refractivity contribution in [3.05, 3.63) is 48.0 Å². The monoisotopic (exact) mass is 372 g/mol. The van der Waals surface area contributed by atoms with Gasteiger partial charge in [-0.1, -0.05) is 42.5 Å². The molecule has 0 aliphatic carbocycles. The molecule has 4 rings (SSSR count). The number of piperidine rings is 1. The molecule has 0 saturated carbocycles. The summed E-state index contributed by atoms with van der Waals surface area (Å²) in [6, 6.07) is 14.1. The number of sulfonamides is 1. The van der Waals surface area contributed by atoms with Gasteiger partial charge >= 0.3 is 0 Å². The third-order valence-electron chi connectivity index (χ3n) is 5.88. The molecule has 2 fully saturated rings. The minimum absolute atomic E-state index is 0.0290. The van der Waals surface area contributed by atoms with E-state index in [2.05, 4.69) is 5.32 Å². The van der Waals surface area contributed by atoms with E-state index in [1.807, 2.05) is 42.5 Å². The van der Waals surface area contributed by atoms with Crippen molar-refractivity contribution in [2.45, 2.75) is 25.7 Å². The van der Waals surface area contributed by atoms with Crippen LogP contribution in [-0.4, -0.2) is 44.0 Å². The van der Waals surface area contributed by atoms with Gasteiger partial charge in [0.1, 0.15) is 0 Å². The van der Waals surface area contributed by atoms with Crippen molar-refractivity contribution >= 4 is 26.7 Å². The summed E-state index contributed by atoms with van der Waals surface area (Å²) in [7, 11) is -3.28. The highest BCUT2D eigenvalue weighted by atomic mass is 32.2. The van der Waals surface area contributed by atoms with Crippen LogP contribution in [0.15, 0.2) is 42.5 Å². The van der Waals surface area contributed by atoms with Gasteiger partial charge in [0, 0.05) is 26.1 Å². The quantitative estimate of drug-likeness (QED) is 0.896. The summed E-state index contributed by atoms with van der Waals surface area (Å²) in [5.74, 6) is 0.225. The summed E-state index contributed by atoms with van der Waals surface area (Å²) in [6.45, 7) is 1.73. The third kappa shape index (κ3) is 3.35. The number of carbonyl (C=O) groups excluding carboxylic acids is 1. The number of fused-ring (bicyclic) bond motifs is 1. The zero-order chi connectivity index (χ0) is 18.2. The Labute approximate surface area is 154 Å². The van der Waals surface area contributed by atoms with Gasteiger partial charge in [-0.05, 0) is 41.0 Å². The van der Waals surface area contributed by atoms with Crippen LogP contribution in [0.3, 0.4) is 0 Å². The van der Waals surface area contributed by atoms with E-state index in [0.29, 0.717) is 32.5 Å². The molecule has 26 heavy (non-hydrogen) atoms. The van der Waals surface area contributed by atoms with Gasteiger partial charge in [0.25, 0.3) is 0 Å². The molecule has 0 radical (unpaired) electrons. The van der Waals surface area contributed by atoms with Crippen LogP contribution in [0.4, 0.5) is 0 Å². The second kappa shape index (κ2) is 6.67. The van der Waals surface area contributed by atoms with E-state index in [0.717, 1.165) is 29.2 Å². The molecule has 2 aliphatic rings. The predicted octanol–water partition coefficient (Wildman–Crippen LogP) is 2.31. The molecule has 1 N–H and O–H groups in total. The van der Waals surface area contributed by atoms with Gasteiger partial charge < -0.3 is 5.32 Å². The Balaban J connectivity index is 1.42. The summed E-state index contributed by atoms with van der Waals surface area (Å²) in [5.41, 5.74) is 1.05. The van der Waals surface area contributed by atoms with Crippen LogP contribution >= 0.6 is 0 Å². The Kier molecular flexibility index (Phi) is 4.49. The van der Waals surface area contributed by atoms with Gasteiger partial charge in [-0.15, -0.1) is 0 Å². The zero-order valence-corrected chi connectivity index (χ0v) is 15.6. The van der Waals surface area contributed by atoms with Gasteiger partial charge in [0.2, 0.25) is 15.9 Å². The average molecular weight is 372 g/mol. The van der Waals surface area contributed by atoms with Crippen LogP contribution in [0.1, 0.15) is 24.8 Å². The molecule has 1 spiro atoms.